The average Bonchev–Trinajstić information content (AvgIpc) is 2.80. The molecule has 114 valence electrons. The molecule has 0 fully saturated rings. The van der Waals surface area contributed by atoms with E-state index in [1.807, 2.05) is 25.1 Å². The van der Waals surface area contributed by atoms with Crippen molar-refractivity contribution >= 4 is 16.9 Å². The number of methoxy groups -OCH3 is 1. The first-order valence-corrected chi connectivity index (χ1v) is 7.46. The zero-order valence-corrected chi connectivity index (χ0v) is 13.0. The molecule has 1 heterocycles. The zero-order valence-electron chi connectivity index (χ0n) is 13.0. The Morgan fingerprint density at radius 3 is 2.86 bits per heavy atom. The fourth-order valence-corrected chi connectivity index (χ4v) is 2.47. The number of carbonyl (C=O) groups is 1. The monoisotopic (exact) mass is 289 g/mol. The molecule has 2 rings (SSSR count). The molecular formula is C17H23NO3. The van der Waals surface area contributed by atoms with Gasteiger partial charge in [-0.2, -0.15) is 0 Å². The topological polar surface area (TPSA) is 51.3 Å². The van der Waals surface area contributed by atoms with Gasteiger partial charge in [-0.15, -0.1) is 0 Å². The number of carbonyl (C=O) groups excluding carboxylic acids is 1. The maximum Gasteiger partial charge on any atom is 0.305 e. The normalized spacial score (nSPS) is 10.8. The molecular weight excluding hydrogens is 266 g/mol. The number of nitrogens with one attached hydrogen (secondary N) is 1. The van der Waals surface area contributed by atoms with Gasteiger partial charge in [-0.25, -0.2) is 0 Å². The standard InChI is InChI=1S/C17H23NO3/c1-4-5-6-17(19)21-10-9-14-12(2)18-16-8-7-13(20-3)11-15(14)16/h7-8,11,18H,4-6,9-10H2,1-3H3. The number of hydrogen-bond donors (Lipinski definition) is 1. The highest BCUT2D eigenvalue weighted by Gasteiger charge is 2.10. The third kappa shape index (κ3) is 3.78. The molecule has 4 heteroatoms. The summed E-state index contributed by atoms with van der Waals surface area (Å²) in [5, 5.41) is 1.14. The van der Waals surface area contributed by atoms with E-state index in [0.29, 0.717) is 13.0 Å². The molecule has 0 aliphatic carbocycles. The lowest BCUT2D eigenvalue weighted by molar-refractivity contribution is -0.143. The van der Waals surface area contributed by atoms with E-state index >= 15 is 0 Å². The van der Waals surface area contributed by atoms with Crippen LogP contribution < -0.4 is 4.74 Å². The molecule has 0 aliphatic rings. The fourth-order valence-electron chi connectivity index (χ4n) is 2.47. The summed E-state index contributed by atoms with van der Waals surface area (Å²) in [6.45, 7) is 4.53. The molecule has 1 aromatic heterocycles. The summed E-state index contributed by atoms with van der Waals surface area (Å²) in [6.07, 6.45) is 3.13. The van der Waals surface area contributed by atoms with Crippen molar-refractivity contribution in [1.29, 1.82) is 0 Å². The van der Waals surface area contributed by atoms with Crippen LogP contribution >= 0.6 is 0 Å². The molecule has 0 saturated heterocycles. The number of benzene rings is 1. The number of ether oxygens (including phenoxy) is 2. The molecule has 0 bridgehead atoms. The predicted molar refractivity (Wildman–Crippen MR) is 83.8 cm³/mol. The van der Waals surface area contributed by atoms with Crippen molar-refractivity contribution in [3.63, 3.8) is 0 Å². The predicted octanol–water partition coefficient (Wildman–Crippen LogP) is 3.76. The number of H-pyrrole nitrogens is 1. The Hall–Kier alpha value is -1.97. The third-order valence-electron chi connectivity index (χ3n) is 3.68. The lowest BCUT2D eigenvalue weighted by Crippen LogP contribution is -2.07. The van der Waals surface area contributed by atoms with E-state index in [0.717, 1.165) is 41.6 Å². The molecule has 21 heavy (non-hydrogen) atoms. The Labute approximate surface area is 125 Å². The van der Waals surface area contributed by atoms with E-state index in [1.165, 1.54) is 5.56 Å². The van der Waals surface area contributed by atoms with Gasteiger partial charge in [0.05, 0.1) is 13.7 Å². The van der Waals surface area contributed by atoms with Gasteiger partial charge in [0.25, 0.3) is 0 Å². The molecule has 0 saturated carbocycles. The number of aryl methyl sites for hydroxylation is 1. The highest BCUT2D eigenvalue weighted by atomic mass is 16.5. The van der Waals surface area contributed by atoms with Crippen molar-refractivity contribution in [2.75, 3.05) is 13.7 Å². The summed E-state index contributed by atoms with van der Waals surface area (Å²) in [6, 6.07) is 5.97. The fraction of sp³-hybridized carbons (Fsp3) is 0.471. The highest BCUT2D eigenvalue weighted by molar-refractivity contribution is 5.86. The van der Waals surface area contributed by atoms with Crippen LogP contribution in [0.3, 0.4) is 0 Å². The van der Waals surface area contributed by atoms with E-state index in [2.05, 4.69) is 11.9 Å². The number of rotatable bonds is 7. The summed E-state index contributed by atoms with van der Waals surface area (Å²) in [5.41, 5.74) is 3.38. The summed E-state index contributed by atoms with van der Waals surface area (Å²) in [4.78, 5) is 14.9. The Morgan fingerprint density at radius 2 is 2.14 bits per heavy atom. The van der Waals surface area contributed by atoms with Crippen molar-refractivity contribution < 1.29 is 14.3 Å². The number of aromatic amines is 1. The molecule has 0 spiro atoms. The third-order valence-corrected chi connectivity index (χ3v) is 3.68. The molecule has 0 aliphatic heterocycles. The van der Waals surface area contributed by atoms with Crippen LogP contribution in [0.4, 0.5) is 0 Å². The first-order valence-electron chi connectivity index (χ1n) is 7.46. The Kier molecular flexibility index (Phi) is 5.26. The summed E-state index contributed by atoms with van der Waals surface area (Å²) < 4.78 is 10.6. The van der Waals surface area contributed by atoms with E-state index in [4.69, 9.17) is 9.47 Å². The Morgan fingerprint density at radius 1 is 1.33 bits per heavy atom. The molecule has 4 nitrogen and oxygen atoms in total. The number of hydrogen-bond acceptors (Lipinski definition) is 3. The van der Waals surface area contributed by atoms with Gasteiger partial charge in [-0.1, -0.05) is 13.3 Å². The maximum atomic E-state index is 11.5. The van der Waals surface area contributed by atoms with Crippen LogP contribution in [0.15, 0.2) is 18.2 Å². The van der Waals surface area contributed by atoms with Gasteiger partial charge in [-0.3, -0.25) is 4.79 Å². The molecule has 1 aromatic carbocycles. The quantitative estimate of drug-likeness (QED) is 0.790. The Bertz CT molecular complexity index is 616. The van der Waals surface area contributed by atoms with Crippen molar-refractivity contribution in [1.82, 2.24) is 4.98 Å². The van der Waals surface area contributed by atoms with Crippen LogP contribution in [0.2, 0.25) is 0 Å². The van der Waals surface area contributed by atoms with E-state index in [9.17, 15) is 4.79 Å². The van der Waals surface area contributed by atoms with Crippen LogP contribution in [-0.2, 0) is 16.0 Å². The highest BCUT2D eigenvalue weighted by Crippen LogP contribution is 2.26. The van der Waals surface area contributed by atoms with Crippen molar-refractivity contribution in [2.24, 2.45) is 0 Å². The van der Waals surface area contributed by atoms with Crippen molar-refractivity contribution in [2.45, 2.75) is 39.5 Å². The molecule has 0 radical (unpaired) electrons. The number of unbranched alkanes of at least 4 members (excludes halogenated alkanes) is 1. The minimum Gasteiger partial charge on any atom is -0.497 e. The Balaban J connectivity index is 2.04. The lowest BCUT2D eigenvalue weighted by atomic mass is 10.1. The van der Waals surface area contributed by atoms with E-state index in [1.54, 1.807) is 7.11 Å². The second-order valence-corrected chi connectivity index (χ2v) is 5.21. The molecule has 0 amide bonds. The summed E-state index contributed by atoms with van der Waals surface area (Å²) >= 11 is 0. The van der Waals surface area contributed by atoms with Crippen LogP contribution in [0.5, 0.6) is 5.75 Å². The molecule has 0 unspecified atom stereocenters. The van der Waals surface area contributed by atoms with E-state index in [-0.39, 0.29) is 5.97 Å². The summed E-state index contributed by atoms with van der Waals surface area (Å²) in [5.74, 6) is 0.731. The molecule has 0 atom stereocenters. The lowest BCUT2D eigenvalue weighted by Gasteiger charge is -2.05. The first-order chi connectivity index (χ1) is 10.2. The van der Waals surface area contributed by atoms with Gasteiger partial charge in [0.15, 0.2) is 0 Å². The second-order valence-electron chi connectivity index (χ2n) is 5.21. The SMILES string of the molecule is CCCCC(=O)OCCc1c(C)[nH]c2ccc(OC)cc12. The van der Waals surface area contributed by atoms with Crippen molar-refractivity contribution in [3.8, 4) is 5.75 Å². The van der Waals surface area contributed by atoms with Gasteiger partial charge >= 0.3 is 5.97 Å². The second kappa shape index (κ2) is 7.16. The smallest absolute Gasteiger partial charge is 0.305 e. The van der Waals surface area contributed by atoms with Gasteiger partial charge in [0.1, 0.15) is 5.75 Å². The number of aromatic nitrogens is 1. The van der Waals surface area contributed by atoms with Crippen LogP contribution in [0.1, 0.15) is 37.4 Å². The summed E-state index contributed by atoms with van der Waals surface area (Å²) in [7, 11) is 1.66. The minimum atomic E-state index is -0.105. The average molecular weight is 289 g/mol. The molecule has 2 aromatic rings. The minimum absolute atomic E-state index is 0.105. The van der Waals surface area contributed by atoms with Gasteiger partial charge in [-0.05, 0) is 37.1 Å². The zero-order chi connectivity index (χ0) is 15.2. The van der Waals surface area contributed by atoms with Gasteiger partial charge < -0.3 is 14.5 Å². The van der Waals surface area contributed by atoms with Gasteiger partial charge in [0, 0.05) is 29.4 Å². The van der Waals surface area contributed by atoms with E-state index < -0.39 is 0 Å². The number of esters is 1. The van der Waals surface area contributed by atoms with Crippen LogP contribution in [0.25, 0.3) is 10.9 Å². The number of fused-ring (bicyclic) bond motifs is 1. The van der Waals surface area contributed by atoms with Gasteiger partial charge in [0.2, 0.25) is 0 Å². The largest absolute Gasteiger partial charge is 0.497 e. The van der Waals surface area contributed by atoms with Crippen LogP contribution in [0, 0.1) is 6.92 Å². The maximum absolute atomic E-state index is 11.5. The van der Waals surface area contributed by atoms with Crippen molar-refractivity contribution in [3.05, 3.63) is 29.5 Å². The molecule has 1 N–H and O–H groups in total. The van der Waals surface area contributed by atoms with Crippen LogP contribution in [-0.4, -0.2) is 24.7 Å². The first kappa shape index (κ1) is 15.4.